The van der Waals surface area contributed by atoms with Gasteiger partial charge in [-0.2, -0.15) is 0 Å². The Bertz CT molecular complexity index is 1030. The van der Waals surface area contributed by atoms with Crippen LogP contribution >= 0.6 is 27.7 Å². The third-order valence-corrected chi connectivity index (χ3v) is 6.17. The normalized spacial score (nSPS) is 26.4. The standard InChI is InChI=1S/C11H17N5O11P2S/c1-3-14-8(12)4-9(15-3)16(2-13-4)10-6(18)5(17)7(25-10)11(26-28(19,20)21)30-27-29(22,23)24/h2,5-7,10-11,17-18H,1H3,(H2,12,14,15)(H2,19,20,21)(H2,22,23,24)/t5-,6+,7-,10+,11?/m0/s1. The van der Waals surface area contributed by atoms with Crippen molar-refractivity contribution >= 4 is 44.7 Å². The molecule has 0 aliphatic carbocycles. The number of phosphoric ester groups is 1. The zero-order valence-corrected chi connectivity index (χ0v) is 17.5. The fraction of sp³-hybridized carbons (Fsp3) is 0.545. The van der Waals surface area contributed by atoms with E-state index >= 15 is 0 Å². The summed E-state index contributed by atoms with van der Waals surface area (Å²) in [7, 11) is -10.3. The SMILES string of the molecule is Cc1nc(N)c2ncn([C@@H]3O[C@H](C(OP(=O)(O)O)SOP(=O)(O)O)[C@@H](O)[C@H]3O)c2n1. The number of rotatable bonds is 7. The summed E-state index contributed by atoms with van der Waals surface area (Å²) in [5.41, 5.74) is 4.16. The topological polar surface area (TPSA) is 253 Å². The molecule has 1 fully saturated rings. The van der Waals surface area contributed by atoms with Gasteiger partial charge in [0.15, 0.2) is 23.1 Å². The maximum absolute atomic E-state index is 11.2. The molecule has 0 spiro atoms. The van der Waals surface area contributed by atoms with Crippen LogP contribution in [0.3, 0.4) is 0 Å². The summed E-state index contributed by atoms with van der Waals surface area (Å²) in [4.78, 5) is 47.9. The zero-order valence-electron chi connectivity index (χ0n) is 14.9. The highest BCUT2D eigenvalue weighted by atomic mass is 32.2. The average Bonchev–Trinajstić information content (AvgIpc) is 3.12. The molecule has 5 atom stereocenters. The van der Waals surface area contributed by atoms with Crippen molar-refractivity contribution in [3.05, 3.63) is 12.2 Å². The van der Waals surface area contributed by atoms with Crippen molar-refractivity contribution in [2.75, 3.05) is 5.73 Å². The Labute approximate surface area is 171 Å². The van der Waals surface area contributed by atoms with E-state index in [9.17, 15) is 19.3 Å². The minimum atomic E-state index is -5.22. The first-order chi connectivity index (χ1) is 13.8. The van der Waals surface area contributed by atoms with Crippen molar-refractivity contribution in [3.8, 4) is 0 Å². The first-order valence-corrected chi connectivity index (χ1v) is 11.8. The molecule has 1 saturated heterocycles. The molecule has 1 aliphatic rings. The van der Waals surface area contributed by atoms with Crippen LogP contribution < -0.4 is 5.73 Å². The van der Waals surface area contributed by atoms with Crippen LogP contribution in [0.2, 0.25) is 0 Å². The first-order valence-electron chi connectivity index (χ1n) is 7.89. The van der Waals surface area contributed by atoms with Crippen LogP contribution in [0.4, 0.5) is 5.82 Å². The highest BCUT2D eigenvalue weighted by Gasteiger charge is 2.50. The van der Waals surface area contributed by atoms with Crippen LogP contribution in [0, 0.1) is 6.92 Å². The van der Waals surface area contributed by atoms with Gasteiger partial charge in [0.1, 0.15) is 29.7 Å². The summed E-state index contributed by atoms with van der Waals surface area (Å²) < 4.78 is 37.4. The molecule has 1 unspecified atom stereocenters. The van der Waals surface area contributed by atoms with E-state index < -0.39 is 45.6 Å². The van der Waals surface area contributed by atoms with Gasteiger partial charge in [0, 0.05) is 12.0 Å². The molecule has 1 aliphatic heterocycles. The third kappa shape index (κ3) is 5.16. The molecule has 0 radical (unpaired) electrons. The summed E-state index contributed by atoms with van der Waals surface area (Å²) in [6.07, 6.45) is -5.36. The summed E-state index contributed by atoms with van der Waals surface area (Å²) in [5, 5.41) is 20.8. The van der Waals surface area contributed by atoms with Crippen molar-refractivity contribution in [2.24, 2.45) is 0 Å². The van der Waals surface area contributed by atoms with E-state index in [0.717, 1.165) is 0 Å². The molecule has 0 aromatic carbocycles. The van der Waals surface area contributed by atoms with E-state index in [1.165, 1.54) is 10.9 Å². The molecular formula is C11H17N5O11P2S. The molecule has 0 saturated carbocycles. The van der Waals surface area contributed by atoms with Gasteiger partial charge < -0.3 is 40.3 Å². The minimum Gasteiger partial charge on any atom is -0.387 e. The predicted molar refractivity (Wildman–Crippen MR) is 98.0 cm³/mol. The summed E-state index contributed by atoms with van der Waals surface area (Å²) in [6, 6.07) is 0. The van der Waals surface area contributed by atoms with Crippen molar-refractivity contribution in [1.82, 2.24) is 19.5 Å². The quantitative estimate of drug-likeness (QED) is 0.133. The second kappa shape index (κ2) is 8.38. The Morgan fingerprint density at radius 2 is 1.87 bits per heavy atom. The lowest BCUT2D eigenvalue weighted by atomic mass is 10.1. The number of nitrogens with two attached hydrogens (primary N) is 1. The fourth-order valence-corrected chi connectivity index (χ4v) is 4.73. The Morgan fingerprint density at radius 3 is 2.47 bits per heavy atom. The van der Waals surface area contributed by atoms with E-state index in [-0.39, 0.29) is 34.8 Å². The number of imidazole rings is 1. The van der Waals surface area contributed by atoms with Gasteiger partial charge in [0.2, 0.25) is 0 Å². The lowest BCUT2D eigenvalue weighted by molar-refractivity contribution is -0.0592. The number of ether oxygens (including phenoxy) is 1. The highest BCUT2D eigenvalue weighted by molar-refractivity contribution is 7.98. The van der Waals surface area contributed by atoms with E-state index in [4.69, 9.17) is 30.0 Å². The monoisotopic (exact) mass is 489 g/mol. The number of nitrogens with zero attached hydrogens (tertiary/aromatic N) is 4. The van der Waals surface area contributed by atoms with Crippen LogP contribution in [-0.2, 0) is 22.4 Å². The van der Waals surface area contributed by atoms with Crippen molar-refractivity contribution in [1.29, 1.82) is 0 Å². The Balaban J connectivity index is 1.92. The third-order valence-electron chi connectivity index (χ3n) is 3.85. The van der Waals surface area contributed by atoms with Crippen molar-refractivity contribution in [2.45, 2.75) is 36.9 Å². The molecule has 3 rings (SSSR count). The van der Waals surface area contributed by atoms with Crippen LogP contribution in [0.1, 0.15) is 12.1 Å². The Hall–Kier alpha value is -1.20. The van der Waals surface area contributed by atoms with Gasteiger partial charge in [-0.05, 0) is 6.92 Å². The van der Waals surface area contributed by atoms with Gasteiger partial charge in [-0.15, -0.1) is 0 Å². The van der Waals surface area contributed by atoms with E-state index in [1.807, 2.05) is 0 Å². The second-order valence-electron chi connectivity index (χ2n) is 6.08. The number of aliphatic hydroxyl groups is 2. The summed E-state index contributed by atoms with van der Waals surface area (Å²) in [5.74, 6) is 0.328. The molecular weight excluding hydrogens is 472 g/mol. The van der Waals surface area contributed by atoms with Crippen LogP contribution in [-0.4, -0.2) is 73.1 Å². The molecule has 0 amide bonds. The molecule has 30 heavy (non-hydrogen) atoms. The number of aromatic nitrogens is 4. The second-order valence-corrected chi connectivity index (χ2v) is 9.50. The van der Waals surface area contributed by atoms with Gasteiger partial charge in [-0.3, -0.25) is 9.09 Å². The summed E-state index contributed by atoms with van der Waals surface area (Å²) in [6.45, 7) is 1.55. The molecule has 19 heteroatoms. The largest absolute Gasteiger partial charge is 0.480 e. The molecule has 168 valence electrons. The van der Waals surface area contributed by atoms with Crippen LogP contribution in [0.15, 0.2) is 6.33 Å². The van der Waals surface area contributed by atoms with Crippen molar-refractivity contribution < 1.29 is 52.1 Å². The van der Waals surface area contributed by atoms with Gasteiger partial charge in [0.05, 0.1) is 6.33 Å². The fourth-order valence-electron chi connectivity index (χ4n) is 2.74. The number of aliphatic hydroxyl groups excluding tert-OH is 2. The maximum Gasteiger partial charge on any atom is 0.480 e. The van der Waals surface area contributed by atoms with Crippen LogP contribution in [0.25, 0.3) is 11.2 Å². The van der Waals surface area contributed by atoms with Gasteiger partial charge >= 0.3 is 15.6 Å². The molecule has 3 heterocycles. The van der Waals surface area contributed by atoms with Gasteiger partial charge in [0.25, 0.3) is 0 Å². The summed E-state index contributed by atoms with van der Waals surface area (Å²) >= 11 is -0.178. The Kier molecular flexibility index (Phi) is 6.56. The predicted octanol–water partition coefficient (Wildman–Crippen LogP) is -1.47. The molecule has 8 N–H and O–H groups in total. The Morgan fingerprint density at radius 1 is 1.20 bits per heavy atom. The highest BCUT2D eigenvalue weighted by Crippen LogP contribution is 2.49. The number of phosphoric acid groups is 2. The van der Waals surface area contributed by atoms with Crippen molar-refractivity contribution in [3.63, 3.8) is 0 Å². The van der Waals surface area contributed by atoms with Crippen LogP contribution in [0.5, 0.6) is 0 Å². The maximum atomic E-state index is 11.2. The first kappa shape index (κ1) is 23.5. The number of hydrogen-bond acceptors (Lipinski definition) is 12. The number of fused-ring (bicyclic) bond motifs is 1. The van der Waals surface area contributed by atoms with E-state index in [1.54, 1.807) is 6.92 Å². The molecule has 0 bridgehead atoms. The van der Waals surface area contributed by atoms with E-state index in [0.29, 0.717) is 0 Å². The number of aryl methyl sites for hydroxylation is 1. The van der Waals surface area contributed by atoms with Gasteiger partial charge in [-0.1, -0.05) is 0 Å². The number of hydrogen-bond donors (Lipinski definition) is 7. The lowest BCUT2D eigenvalue weighted by Crippen LogP contribution is -2.38. The molecule has 16 nitrogen and oxygen atoms in total. The minimum absolute atomic E-state index is 0.0501. The lowest BCUT2D eigenvalue weighted by Gasteiger charge is -2.24. The number of nitrogen functional groups attached to an aromatic ring is 1. The van der Waals surface area contributed by atoms with E-state index in [2.05, 4.69) is 23.4 Å². The zero-order chi connectivity index (χ0) is 22.4. The molecule has 2 aromatic heterocycles. The smallest absolute Gasteiger partial charge is 0.387 e. The number of anilines is 1. The average molecular weight is 489 g/mol. The molecule has 2 aromatic rings. The van der Waals surface area contributed by atoms with Gasteiger partial charge in [-0.25, -0.2) is 28.1 Å².